The third kappa shape index (κ3) is 4.11. The molecule has 1 aliphatic heterocycles. The molecule has 0 unspecified atom stereocenters. The van der Waals surface area contributed by atoms with E-state index >= 15 is 0 Å². The summed E-state index contributed by atoms with van der Waals surface area (Å²) in [5.74, 6) is 0.934. The summed E-state index contributed by atoms with van der Waals surface area (Å²) in [5.41, 5.74) is 0.968. The van der Waals surface area contributed by atoms with Crippen molar-refractivity contribution in [2.75, 3.05) is 26.2 Å². The van der Waals surface area contributed by atoms with E-state index in [0.29, 0.717) is 35.5 Å². The van der Waals surface area contributed by atoms with Gasteiger partial charge in [0.1, 0.15) is 12.7 Å². The Labute approximate surface area is 243 Å². The number of nitrogens with zero attached hydrogens (tertiary/aromatic N) is 1. The molecule has 4 saturated carbocycles. The van der Waals surface area contributed by atoms with Crippen LogP contribution in [0.2, 0.25) is 0 Å². The fraction of sp³-hybridized carbons (Fsp3) is 0.600. The van der Waals surface area contributed by atoms with Gasteiger partial charge in [0.05, 0.1) is 17.2 Å². The van der Waals surface area contributed by atoms with E-state index in [4.69, 9.17) is 9.47 Å². The minimum Gasteiger partial charge on any atom is -0.461 e. The van der Waals surface area contributed by atoms with Crippen molar-refractivity contribution in [3.63, 3.8) is 0 Å². The summed E-state index contributed by atoms with van der Waals surface area (Å²) < 4.78 is 12.2. The van der Waals surface area contributed by atoms with Gasteiger partial charge in [0.2, 0.25) is 0 Å². The van der Waals surface area contributed by atoms with Crippen LogP contribution in [0.4, 0.5) is 0 Å². The minimum atomic E-state index is -0.453. The lowest BCUT2D eigenvalue weighted by molar-refractivity contribution is -0.249. The number of likely N-dealkylation sites (tertiary alicyclic amines) is 1. The molecule has 0 aromatic heterocycles. The highest BCUT2D eigenvalue weighted by Gasteiger charge is 2.76. The highest BCUT2D eigenvalue weighted by Crippen LogP contribution is 2.76. The number of rotatable bonds is 6. The van der Waals surface area contributed by atoms with E-state index in [1.807, 2.05) is 48.5 Å². The predicted octanol–water partition coefficient (Wildman–Crippen LogP) is 5.60. The molecule has 0 amide bonds. The molecule has 1 N–H and O–H groups in total. The molecule has 41 heavy (non-hydrogen) atoms. The molecule has 4 bridgehead atoms. The highest BCUT2D eigenvalue weighted by molar-refractivity contribution is 5.89. The maximum Gasteiger partial charge on any atom is 0.338 e. The van der Waals surface area contributed by atoms with Crippen LogP contribution in [0.25, 0.3) is 0 Å². The molecule has 1 saturated heterocycles. The van der Waals surface area contributed by atoms with Crippen molar-refractivity contribution in [3.05, 3.63) is 71.8 Å². The SMILES string of the molecule is C[C@H]1[C@H]2C[C@@H]3[C@@]45CCC[C@@](C)(CN(CCOC(=O)c6ccccc6)C4)[C@H]5C[C@H](OC(=O)c4ccccc4)[C@]3(C2)[C@@H]1O. The van der Waals surface area contributed by atoms with Gasteiger partial charge in [0.15, 0.2) is 0 Å². The first kappa shape index (κ1) is 27.2. The zero-order valence-electron chi connectivity index (χ0n) is 24.3. The van der Waals surface area contributed by atoms with Crippen LogP contribution in [0, 0.1) is 39.9 Å². The van der Waals surface area contributed by atoms with E-state index in [0.717, 1.165) is 51.7 Å². The zero-order valence-corrected chi connectivity index (χ0v) is 24.3. The van der Waals surface area contributed by atoms with Gasteiger partial charge >= 0.3 is 11.9 Å². The molecule has 5 fully saturated rings. The third-order valence-corrected chi connectivity index (χ3v) is 12.3. The standard InChI is InChI=1S/C35H43NO5/c1-23-26-18-28-34-15-9-14-33(2,21-36(22-34)16-17-40-31(38)24-10-5-3-6-11-24)27(34)19-29(35(28,20-26)30(23)37)41-32(39)25-12-7-4-8-13-25/h3-8,10-13,23,26-30,37H,9,14-22H2,1-2H3/t23-,26-,27+,28+,29-,30+,33-,34-,35+/m0/s1. The molecular weight excluding hydrogens is 514 g/mol. The first-order valence-corrected chi connectivity index (χ1v) is 15.7. The average Bonchev–Trinajstić information content (AvgIpc) is 3.50. The van der Waals surface area contributed by atoms with Crippen LogP contribution in [-0.2, 0) is 9.47 Å². The summed E-state index contributed by atoms with van der Waals surface area (Å²) in [6.45, 7) is 7.66. The summed E-state index contributed by atoms with van der Waals surface area (Å²) in [6, 6.07) is 18.5. The number of carbonyl (C=O) groups is 2. The van der Waals surface area contributed by atoms with Crippen molar-refractivity contribution >= 4 is 11.9 Å². The second-order valence-electron chi connectivity index (χ2n) is 14.2. The number of hydrogen-bond donors (Lipinski definition) is 1. The van der Waals surface area contributed by atoms with Crippen LogP contribution < -0.4 is 0 Å². The van der Waals surface area contributed by atoms with Crippen LogP contribution in [0.15, 0.2) is 60.7 Å². The van der Waals surface area contributed by atoms with Crippen molar-refractivity contribution in [2.45, 2.75) is 64.6 Å². The van der Waals surface area contributed by atoms with Crippen LogP contribution in [0.5, 0.6) is 0 Å². The van der Waals surface area contributed by atoms with Gasteiger partial charge in [0, 0.05) is 25.0 Å². The highest BCUT2D eigenvalue weighted by atomic mass is 16.5. The maximum absolute atomic E-state index is 13.4. The van der Waals surface area contributed by atoms with E-state index in [-0.39, 0.29) is 40.2 Å². The molecule has 2 aromatic rings. The van der Waals surface area contributed by atoms with Crippen LogP contribution in [-0.4, -0.2) is 60.4 Å². The topological polar surface area (TPSA) is 76.1 Å². The van der Waals surface area contributed by atoms with Gasteiger partial charge in [-0.2, -0.15) is 0 Å². The van der Waals surface area contributed by atoms with Gasteiger partial charge < -0.3 is 14.6 Å². The Hall–Kier alpha value is -2.70. The van der Waals surface area contributed by atoms with Gasteiger partial charge in [0.25, 0.3) is 0 Å². The normalized spacial score (nSPS) is 40.9. The number of hydrogen-bond acceptors (Lipinski definition) is 6. The van der Waals surface area contributed by atoms with Crippen molar-refractivity contribution in [1.82, 2.24) is 4.90 Å². The molecule has 6 heteroatoms. The van der Waals surface area contributed by atoms with E-state index in [1.54, 1.807) is 12.1 Å². The Morgan fingerprint density at radius 2 is 1.61 bits per heavy atom. The Morgan fingerprint density at radius 3 is 2.29 bits per heavy atom. The van der Waals surface area contributed by atoms with E-state index in [1.165, 1.54) is 6.42 Å². The number of ether oxygens (including phenoxy) is 2. The van der Waals surface area contributed by atoms with Crippen molar-refractivity contribution in [1.29, 1.82) is 0 Å². The molecule has 1 spiro atoms. The van der Waals surface area contributed by atoms with E-state index in [9.17, 15) is 14.7 Å². The summed E-state index contributed by atoms with van der Waals surface area (Å²) >= 11 is 0. The number of benzene rings is 2. The minimum absolute atomic E-state index is 0.0835. The van der Waals surface area contributed by atoms with Gasteiger partial charge in [-0.1, -0.05) is 56.7 Å². The fourth-order valence-electron chi connectivity index (χ4n) is 10.7. The van der Waals surface area contributed by atoms with Crippen molar-refractivity contribution in [2.24, 2.45) is 39.9 Å². The molecular formula is C35H43NO5. The largest absolute Gasteiger partial charge is 0.461 e. The zero-order chi connectivity index (χ0) is 28.4. The third-order valence-electron chi connectivity index (χ3n) is 12.3. The van der Waals surface area contributed by atoms with Gasteiger partial charge in [-0.25, -0.2) is 9.59 Å². The second-order valence-corrected chi connectivity index (χ2v) is 14.2. The monoisotopic (exact) mass is 557 g/mol. The number of fused-ring (bicyclic) bond motifs is 1. The van der Waals surface area contributed by atoms with Crippen molar-refractivity contribution in [3.8, 4) is 0 Å². The first-order valence-electron chi connectivity index (χ1n) is 15.7. The van der Waals surface area contributed by atoms with E-state index < -0.39 is 6.10 Å². The Kier molecular flexibility index (Phi) is 6.59. The molecule has 218 valence electrons. The van der Waals surface area contributed by atoms with Gasteiger partial charge in [-0.3, -0.25) is 4.90 Å². The summed E-state index contributed by atoms with van der Waals surface area (Å²) in [6.07, 6.45) is 5.70. The second kappa shape index (κ2) is 9.95. The number of aliphatic hydroxyl groups excluding tert-OH is 1. The quantitative estimate of drug-likeness (QED) is 0.466. The Balaban J connectivity index is 1.16. The molecule has 7 rings (SSSR count). The molecule has 0 radical (unpaired) electrons. The van der Waals surface area contributed by atoms with Crippen LogP contribution >= 0.6 is 0 Å². The smallest absolute Gasteiger partial charge is 0.338 e. The molecule has 1 heterocycles. The van der Waals surface area contributed by atoms with Crippen molar-refractivity contribution < 1.29 is 24.2 Å². The lowest BCUT2D eigenvalue weighted by atomic mass is 9.39. The maximum atomic E-state index is 13.4. The Bertz CT molecular complexity index is 1300. The van der Waals surface area contributed by atoms with Crippen LogP contribution in [0.3, 0.4) is 0 Å². The number of piperidine rings is 1. The summed E-state index contributed by atoms with van der Waals surface area (Å²) in [7, 11) is 0. The van der Waals surface area contributed by atoms with Gasteiger partial charge in [-0.05, 0) is 90.9 Å². The summed E-state index contributed by atoms with van der Waals surface area (Å²) in [4.78, 5) is 28.6. The predicted molar refractivity (Wildman–Crippen MR) is 155 cm³/mol. The number of aliphatic hydroxyl groups is 1. The Morgan fingerprint density at radius 1 is 0.927 bits per heavy atom. The molecule has 4 aliphatic carbocycles. The fourth-order valence-corrected chi connectivity index (χ4v) is 10.7. The number of carbonyl (C=O) groups excluding carboxylic acids is 2. The van der Waals surface area contributed by atoms with Gasteiger partial charge in [-0.15, -0.1) is 0 Å². The van der Waals surface area contributed by atoms with Crippen LogP contribution in [0.1, 0.15) is 73.1 Å². The molecule has 6 nitrogen and oxygen atoms in total. The molecule has 9 atom stereocenters. The van der Waals surface area contributed by atoms with E-state index in [2.05, 4.69) is 18.7 Å². The molecule has 5 aliphatic rings. The average molecular weight is 558 g/mol. The number of esters is 2. The lowest BCUT2D eigenvalue weighted by Gasteiger charge is -2.70. The first-order chi connectivity index (χ1) is 19.8. The summed E-state index contributed by atoms with van der Waals surface area (Å²) in [5, 5.41) is 11.9. The molecule has 2 aromatic carbocycles. The lowest BCUT2D eigenvalue weighted by Crippen LogP contribution is -2.71.